The van der Waals surface area contributed by atoms with E-state index < -0.39 is 0 Å². The molecular weight excluding hydrogens is 180 g/mol. The molecule has 0 radical (unpaired) electrons. The summed E-state index contributed by atoms with van der Waals surface area (Å²) in [6.45, 7) is 0. The van der Waals surface area contributed by atoms with Crippen LogP contribution in [0, 0.1) is 11.8 Å². The van der Waals surface area contributed by atoms with Gasteiger partial charge in [0.1, 0.15) is 6.42 Å². The maximum atomic E-state index is 10.7. The first-order valence-electron chi connectivity index (χ1n) is 3.99. The van der Waals surface area contributed by atoms with Crippen LogP contribution in [-0.2, 0) is 9.53 Å². The van der Waals surface area contributed by atoms with Crippen molar-refractivity contribution in [2.45, 2.75) is 6.42 Å². The van der Waals surface area contributed by atoms with Crippen molar-refractivity contribution in [3.05, 3.63) is 24.0 Å². The van der Waals surface area contributed by atoms with E-state index in [2.05, 4.69) is 21.6 Å². The van der Waals surface area contributed by atoms with Crippen molar-refractivity contribution in [2.75, 3.05) is 12.8 Å². The Labute approximate surface area is 82.1 Å². The number of hydrogen-bond acceptors (Lipinski definition) is 4. The van der Waals surface area contributed by atoms with E-state index in [1.54, 1.807) is 12.3 Å². The number of nitrogen functional groups attached to an aromatic ring is 1. The van der Waals surface area contributed by atoms with Crippen molar-refractivity contribution < 1.29 is 9.53 Å². The molecule has 0 spiro atoms. The predicted octanol–water partition coefficient (Wildman–Crippen LogP) is 0.578. The fourth-order valence-corrected chi connectivity index (χ4v) is 0.804. The van der Waals surface area contributed by atoms with E-state index in [0.29, 0.717) is 11.3 Å². The monoisotopic (exact) mass is 190 g/mol. The molecule has 2 N–H and O–H groups in total. The minimum Gasteiger partial charge on any atom is -0.468 e. The molecule has 0 aliphatic rings. The summed E-state index contributed by atoms with van der Waals surface area (Å²) < 4.78 is 4.43. The number of ether oxygens (including phenoxy) is 1. The van der Waals surface area contributed by atoms with E-state index in [1.165, 1.54) is 13.3 Å². The zero-order chi connectivity index (χ0) is 10.4. The average Bonchev–Trinajstić information content (AvgIpc) is 2.20. The topological polar surface area (TPSA) is 65.2 Å². The number of hydrogen-bond donors (Lipinski definition) is 1. The molecule has 14 heavy (non-hydrogen) atoms. The molecule has 1 heterocycles. The Morgan fingerprint density at radius 1 is 1.71 bits per heavy atom. The highest BCUT2D eigenvalue weighted by molar-refractivity contribution is 5.72. The van der Waals surface area contributed by atoms with Crippen molar-refractivity contribution >= 4 is 11.7 Å². The Morgan fingerprint density at radius 3 is 3.14 bits per heavy atom. The van der Waals surface area contributed by atoms with Crippen LogP contribution < -0.4 is 5.73 Å². The predicted molar refractivity (Wildman–Crippen MR) is 52.2 cm³/mol. The van der Waals surface area contributed by atoms with Crippen LogP contribution in [0.2, 0.25) is 0 Å². The lowest BCUT2D eigenvalue weighted by molar-refractivity contribution is -0.139. The normalized spacial score (nSPS) is 8.64. The number of carbonyl (C=O) groups is 1. The van der Waals surface area contributed by atoms with E-state index in [0.717, 1.165) is 0 Å². The number of nitrogens with zero attached hydrogens (tertiary/aromatic N) is 1. The second-order valence-corrected chi connectivity index (χ2v) is 2.52. The summed E-state index contributed by atoms with van der Waals surface area (Å²) in [6, 6.07) is 1.69. The Hall–Kier alpha value is -2.02. The van der Waals surface area contributed by atoms with Crippen molar-refractivity contribution in [1.29, 1.82) is 0 Å². The number of methoxy groups -OCH3 is 1. The van der Waals surface area contributed by atoms with E-state index in [9.17, 15) is 4.79 Å². The maximum Gasteiger partial charge on any atom is 0.317 e. The maximum absolute atomic E-state index is 10.7. The molecule has 0 saturated carbocycles. The van der Waals surface area contributed by atoms with Crippen LogP contribution in [0.4, 0.5) is 5.69 Å². The Kier molecular flexibility index (Phi) is 3.50. The molecule has 0 aliphatic carbocycles. The van der Waals surface area contributed by atoms with Gasteiger partial charge < -0.3 is 10.5 Å². The SMILES string of the molecule is COC(=O)CC#Cc1ccncc1N. The third-order valence-electron chi connectivity index (χ3n) is 1.54. The first-order valence-corrected chi connectivity index (χ1v) is 3.99. The van der Waals surface area contributed by atoms with Crippen LogP contribution in [0.25, 0.3) is 0 Å². The lowest BCUT2D eigenvalue weighted by Crippen LogP contribution is -1.97. The second kappa shape index (κ2) is 4.87. The van der Waals surface area contributed by atoms with Gasteiger partial charge in [-0.25, -0.2) is 0 Å². The molecule has 0 aliphatic heterocycles. The lowest BCUT2D eigenvalue weighted by Gasteiger charge is -1.94. The average molecular weight is 190 g/mol. The number of rotatable bonds is 1. The zero-order valence-electron chi connectivity index (χ0n) is 7.78. The summed E-state index contributed by atoms with van der Waals surface area (Å²) in [6.07, 6.45) is 3.18. The van der Waals surface area contributed by atoms with Crippen molar-refractivity contribution in [3.63, 3.8) is 0 Å². The van der Waals surface area contributed by atoms with Gasteiger partial charge in [-0.15, -0.1) is 0 Å². The van der Waals surface area contributed by atoms with Crippen molar-refractivity contribution in [3.8, 4) is 11.8 Å². The summed E-state index contributed by atoms with van der Waals surface area (Å²) in [5.74, 6) is 5.07. The van der Waals surface area contributed by atoms with Gasteiger partial charge in [-0.2, -0.15) is 0 Å². The van der Waals surface area contributed by atoms with E-state index in [1.807, 2.05) is 0 Å². The third-order valence-corrected chi connectivity index (χ3v) is 1.54. The number of nitrogens with two attached hydrogens (primary N) is 1. The molecule has 0 atom stereocenters. The number of aromatic nitrogens is 1. The molecule has 72 valence electrons. The fraction of sp³-hybridized carbons (Fsp3) is 0.200. The lowest BCUT2D eigenvalue weighted by atomic mass is 10.2. The van der Waals surface area contributed by atoms with Crippen LogP contribution in [0.1, 0.15) is 12.0 Å². The van der Waals surface area contributed by atoms with E-state index >= 15 is 0 Å². The zero-order valence-corrected chi connectivity index (χ0v) is 7.78. The highest BCUT2D eigenvalue weighted by Gasteiger charge is 1.95. The standard InChI is InChI=1S/C10H10N2O2/c1-14-10(13)4-2-3-8-5-6-12-7-9(8)11/h5-7H,4,11H2,1H3. The van der Waals surface area contributed by atoms with E-state index in [-0.39, 0.29) is 12.4 Å². The number of pyridine rings is 1. The van der Waals surface area contributed by atoms with Crippen LogP contribution in [0.5, 0.6) is 0 Å². The number of carbonyl (C=O) groups excluding carboxylic acids is 1. The Morgan fingerprint density at radius 2 is 2.50 bits per heavy atom. The van der Waals surface area contributed by atoms with Gasteiger partial charge in [0, 0.05) is 6.20 Å². The quantitative estimate of drug-likeness (QED) is 0.519. The smallest absolute Gasteiger partial charge is 0.317 e. The van der Waals surface area contributed by atoms with Gasteiger partial charge in [0.05, 0.1) is 24.6 Å². The van der Waals surface area contributed by atoms with Gasteiger partial charge in [0.25, 0.3) is 0 Å². The highest BCUT2D eigenvalue weighted by Crippen LogP contribution is 2.05. The Balaban J connectivity index is 2.68. The first kappa shape index (κ1) is 10.1. The first-order chi connectivity index (χ1) is 6.74. The van der Waals surface area contributed by atoms with Gasteiger partial charge in [-0.1, -0.05) is 11.8 Å². The summed E-state index contributed by atoms with van der Waals surface area (Å²) >= 11 is 0. The fourth-order valence-electron chi connectivity index (χ4n) is 0.804. The van der Waals surface area contributed by atoms with Gasteiger partial charge >= 0.3 is 5.97 Å². The van der Waals surface area contributed by atoms with Gasteiger partial charge in [0.2, 0.25) is 0 Å². The van der Waals surface area contributed by atoms with Gasteiger partial charge in [0.15, 0.2) is 0 Å². The molecule has 1 aromatic heterocycles. The van der Waals surface area contributed by atoms with Crippen LogP contribution in [0.3, 0.4) is 0 Å². The molecule has 0 aromatic carbocycles. The summed E-state index contributed by atoms with van der Waals surface area (Å²) in [4.78, 5) is 14.5. The molecule has 1 aromatic rings. The molecule has 0 unspecified atom stereocenters. The molecule has 0 amide bonds. The molecule has 1 rings (SSSR count). The highest BCUT2D eigenvalue weighted by atomic mass is 16.5. The largest absolute Gasteiger partial charge is 0.468 e. The summed E-state index contributed by atoms with van der Waals surface area (Å²) in [5, 5.41) is 0. The van der Waals surface area contributed by atoms with Gasteiger partial charge in [-0.05, 0) is 6.07 Å². The van der Waals surface area contributed by atoms with Crippen LogP contribution in [0.15, 0.2) is 18.5 Å². The minimum absolute atomic E-state index is 0.0677. The molecule has 4 nitrogen and oxygen atoms in total. The molecule has 4 heteroatoms. The molecule has 0 bridgehead atoms. The van der Waals surface area contributed by atoms with Crippen molar-refractivity contribution in [2.24, 2.45) is 0 Å². The summed E-state index contributed by atoms with van der Waals surface area (Å²) in [5.41, 5.74) is 6.76. The summed E-state index contributed by atoms with van der Waals surface area (Å²) in [7, 11) is 1.32. The van der Waals surface area contributed by atoms with Crippen LogP contribution in [-0.4, -0.2) is 18.1 Å². The van der Waals surface area contributed by atoms with Gasteiger partial charge in [-0.3, -0.25) is 9.78 Å². The second-order valence-electron chi connectivity index (χ2n) is 2.52. The molecular formula is C10H10N2O2. The minimum atomic E-state index is -0.356. The number of anilines is 1. The van der Waals surface area contributed by atoms with E-state index in [4.69, 9.17) is 5.73 Å². The van der Waals surface area contributed by atoms with Crippen molar-refractivity contribution in [1.82, 2.24) is 4.98 Å². The number of esters is 1. The molecule has 0 fully saturated rings. The Bertz CT molecular complexity index is 391. The third kappa shape index (κ3) is 2.79. The van der Waals surface area contributed by atoms with Crippen LogP contribution >= 0.6 is 0 Å². The molecule has 0 saturated heterocycles.